The zero-order valence-corrected chi connectivity index (χ0v) is 6.55. The molecule has 2 nitrogen and oxygen atoms in total. The van der Waals surface area contributed by atoms with Crippen LogP contribution in [0.15, 0.2) is 11.0 Å². The number of hydrogen-bond donors (Lipinski definition) is 1. The molecule has 0 rings (SSSR count). The van der Waals surface area contributed by atoms with E-state index >= 15 is 0 Å². The van der Waals surface area contributed by atoms with Crippen LogP contribution < -0.4 is 0 Å². The van der Waals surface area contributed by atoms with E-state index in [1.54, 1.807) is 0 Å². The number of carboxylic acid groups (broad SMARTS) is 1. The van der Waals surface area contributed by atoms with E-state index in [0.29, 0.717) is 6.92 Å². The molecule has 0 aromatic rings. The molecule has 8 heteroatoms. The van der Waals surface area contributed by atoms with Gasteiger partial charge in [-0.2, -0.15) is 0 Å². The van der Waals surface area contributed by atoms with Crippen LogP contribution in [-0.2, 0) is 4.79 Å². The first-order chi connectivity index (χ1) is 4.80. The largest absolute Gasteiger partial charge is 0.478 e. The van der Waals surface area contributed by atoms with Gasteiger partial charge in [0.2, 0.25) is 0 Å². The van der Waals surface area contributed by atoms with Crippen molar-refractivity contribution in [1.82, 2.24) is 0 Å². The maximum atomic E-state index is 11.5. The van der Waals surface area contributed by atoms with Gasteiger partial charge >= 0.3 is 16.2 Å². The minimum atomic E-state index is -9.71. The Kier molecular flexibility index (Phi) is 1.80. The summed E-state index contributed by atoms with van der Waals surface area (Å²) >= 11 is 0. The van der Waals surface area contributed by atoms with Crippen molar-refractivity contribution in [3.63, 3.8) is 0 Å². The molecule has 0 spiro atoms. The molecule has 0 fully saturated rings. The van der Waals surface area contributed by atoms with Gasteiger partial charge in [-0.15, -0.1) is 0 Å². The molecular weight excluding hydrogens is 207 g/mol. The minimum absolute atomic E-state index is 0.445. The number of hydrogen-bond acceptors (Lipinski definition) is 1. The molecule has 0 amide bonds. The van der Waals surface area contributed by atoms with Crippen LogP contribution in [-0.4, -0.2) is 11.1 Å². The van der Waals surface area contributed by atoms with E-state index in [1.165, 1.54) is 0 Å². The normalized spacial score (nSPS) is 19.7. The second kappa shape index (κ2) is 1.93. The Morgan fingerprint density at radius 3 is 1.67 bits per heavy atom. The fraction of sp³-hybridized carbons (Fsp3) is 0.250. The third-order valence-corrected chi connectivity index (χ3v) is 1.54. The van der Waals surface area contributed by atoms with Crippen molar-refractivity contribution in [3.8, 4) is 0 Å². The average molecular weight is 212 g/mol. The summed E-state index contributed by atoms with van der Waals surface area (Å²) in [5.74, 6) is -2.02. The Morgan fingerprint density at radius 2 is 1.58 bits per heavy atom. The van der Waals surface area contributed by atoms with Gasteiger partial charge in [0, 0.05) is 5.57 Å². The Bertz CT molecular complexity index is 248. The van der Waals surface area contributed by atoms with Crippen LogP contribution in [0.2, 0.25) is 0 Å². The van der Waals surface area contributed by atoms with Gasteiger partial charge in [0.25, 0.3) is 0 Å². The Balaban J connectivity index is 5.16. The van der Waals surface area contributed by atoms with Gasteiger partial charge < -0.3 is 5.11 Å². The summed E-state index contributed by atoms with van der Waals surface area (Å²) in [4.78, 5) is 9.78. The monoisotopic (exact) mass is 212 g/mol. The van der Waals surface area contributed by atoms with Crippen LogP contribution in [0, 0.1) is 0 Å². The summed E-state index contributed by atoms with van der Waals surface area (Å²) in [6.07, 6.45) is 0. The van der Waals surface area contributed by atoms with Crippen LogP contribution >= 0.6 is 10.2 Å². The molecular formula is C4H5F5O2S. The smallest absolute Gasteiger partial charge is 0.332 e. The Morgan fingerprint density at radius 1 is 1.25 bits per heavy atom. The van der Waals surface area contributed by atoms with Crippen molar-refractivity contribution >= 4 is 16.2 Å². The highest BCUT2D eigenvalue weighted by Gasteiger charge is 2.61. The maximum Gasteiger partial charge on any atom is 0.332 e. The molecule has 0 radical (unpaired) electrons. The van der Waals surface area contributed by atoms with E-state index in [9.17, 15) is 24.2 Å². The molecule has 0 aliphatic carbocycles. The molecule has 0 aromatic heterocycles. The van der Waals surface area contributed by atoms with E-state index < -0.39 is 27.2 Å². The second-order valence-electron chi connectivity index (χ2n) is 2.13. The molecule has 0 aromatic carbocycles. The highest BCUT2D eigenvalue weighted by molar-refractivity contribution is 8.48. The number of rotatable bonds is 2. The molecule has 0 saturated carbocycles. The van der Waals surface area contributed by atoms with Gasteiger partial charge in [-0.3, -0.25) is 0 Å². The molecule has 0 aliphatic heterocycles. The fourth-order valence-electron chi connectivity index (χ4n) is 0.384. The molecule has 1 N–H and O–H groups in total. The predicted molar refractivity (Wildman–Crippen MR) is 34.5 cm³/mol. The summed E-state index contributed by atoms with van der Waals surface area (Å²) in [5, 5.41) is 6.46. The summed E-state index contributed by atoms with van der Waals surface area (Å²) in [5.41, 5.74) is -1.44. The van der Waals surface area contributed by atoms with Gasteiger partial charge in [0.15, 0.2) is 0 Å². The summed E-state index contributed by atoms with van der Waals surface area (Å²) in [7, 11) is -9.71. The van der Waals surface area contributed by atoms with Crippen molar-refractivity contribution in [2.75, 3.05) is 0 Å². The fourth-order valence-corrected chi connectivity index (χ4v) is 1.15. The van der Waals surface area contributed by atoms with Crippen LogP contribution in [0.5, 0.6) is 0 Å². The van der Waals surface area contributed by atoms with Crippen LogP contribution in [0.4, 0.5) is 19.4 Å². The lowest BCUT2D eigenvalue weighted by Gasteiger charge is -2.37. The quantitative estimate of drug-likeness (QED) is 0.563. The Hall–Kier alpha value is -0.790. The third kappa shape index (κ3) is 5.96. The Labute approximate surface area is 64.4 Å². The maximum absolute atomic E-state index is 11.5. The van der Waals surface area contributed by atoms with Crippen LogP contribution in [0.1, 0.15) is 6.92 Å². The van der Waals surface area contributed by atoms with Crippen LogP contribution in [0.3, 0.4) is 0 Å². The summed E-state index contributed by atoms with van der Waals surface area (Å²) in [6.45, 7) is 0.445. The summed E-state index contributed by atoms with van der Waals surface area (Å²) < 4.78 is 57.4. The molecule has 0 aliphatic rings. The van der Waals surface area contributed by atoms with E-state index in [1.807, 2.05) is 0 Å². The molecule has 0 unspecified atom stereocenters. The van der Waals surface area contributed by atoms with Crippen molar-refractivity contribution in [3.05, 3.63) is 11.0 Å². The highest BCUT2D eigenvalue weighted by atomic mass is 32.5. The molecule has 0 saturated heterocycles. The molecule has 12 heavy (non-hydrogen) atoms. The first kappa shape index (κ1) is 11.2. The number of carboxylic acids is 1. The SMILES string of the molecule is CC(=CS(F)(F)(F)(F)F)C(=O)O. The third-order valence-electron chi connectivity index (χ3n) is 0.737. The van der Waals surface area contributed by atoms with Gasteiger partial charge in [-0.25, -0.2) is 4.79 Å². The van der Waals surface area contributed by atoms with E-state index in [2.05, 4.69) is 0 Å². The van der Waals surface area contributed by atoms with E-state index in [0.717, 1.165) is 0 Å². The second-order valence-corrected chi connectivity index (χ2v) is 4.43. The van der Waals surface area contributed by atoms with Crippen molar-refractivity contribution in [1.29, 1.82) is 0 Å². The standard InChI is InChI=1S/C4H5F5O2S/c1-3(4(10)11)2-12(5,6,7,8)9/h2H,1H3,(H,10,11). The van der Waals surface area contributed by atoms with Gasteiger partial charge in [0.05, 0.1) is 5.41 Å². The van der Waals surface area contributed by atoms with Crippen molar-refractivity contribution in [2.45, 2.75) is 6.92 Å². The van der Waals surface area contributed by atoms with Crippen LogP contribution in [0.25, 0.3) is 0 Å². The average Bonchev–Trinajstić information content (AvgIpc) is 1.55. The molecule has 0 atom stereocenters. The topological polar surface area (TPSA) is 37.3 Å². The zero-order valence-electron chi connectivity index (χ0n) is 5.73. The molecule has 0 heterocycles. The lowest BCUT2D eigenvalue weighted by molar-refractivity contribution is -0.132. The van der Waals surface area contributed by atoms with E-state index in [4.69, 9.17) is 5.11 Å². The number of aliphatic carboxylic acids is 1. The zero-order chi connectivity index (χ0) is 10.3. The first-order valence-electron chi connectivity index (χ1n) is 2.47. The first-order valence-corrected chi connectivity index (χ1v) is 4.49. The lowest BCUT2D eigenvalue weighted by Crippen LogP contribution is -2.05. The molecule has 0 bridgehead atoms. The summed E-state index contributed by atoms with van der Waals surface area (Å²) in [6, 6.07) is 0. The van der Waals surface area contributed by atoms with Crippen molar-refractivity contribution in [2.24, 2.45) is 0 Å². The number of halogens is 5. The number of carbonyl (C=O) groups is 1. The van der Waals surface area contributed by atoms with E-state index in [-0.39, 0.29) is 0 Å². The van der Waals surface area contributed by atoms with Gasteiger partial charge in [-0.05, 0) is 6.92 Å². The van der Waals surface area contributed by atoms with Gasteiger partial charge in [-0.1, -0.05) is 19.4 Å². The predicted octanol–water partition coefficient (Wildman–Crippen LogP) is 3.27. The molecule has 74 valence electrons. The minimum Gasteiger partial charge on any atom is -0.478 e. The van der Waals surface area contributed by atoms with Crippen molar-refractivity contribution < 1.29 is 29.3 Å². The van der Waals surface area contributed by atoms with Gasteiger partial charge in [0.1, 0.15) is 0 Å². The highest BCUT2D eigenvalue weighted by Crippen LogP contribution is 2.99. The lowest BCUT2D eigenvalue weighted by atomic mass is 10.4.